The normalized spacial score (nSPS) is 16.8. The van der Waals surface area contributed by atoms with Crippen LogP contribution in [0, 0.1) is 10.1 Å². The average molecular weight is 327 g/mol. The number of hydrogen-bond donors (Lipinski definition) is 2. The van der Waals surface area contributed by atoms with Crippen molar-refractivity contribution in [2.24, 2.45) is 5.73 Å². The second-order valence-electron chi connectivity index (χ2n) is 5.62. The first-order valence-corrected chi connectivity index (χ1v) is 7.55. The van der Waals surface area contributed by atoms with Crippen LogP contribution in [0.1, 0.15) is 16.8 Å². The first kappa shape index (κ1) is 15.7. The van der Waals surface area contributed by atoms with E-state index in [4.69, 9.17) is 5.73 Å². The second kappa shape index (κ2) is 6.53. The Morgan fingerprint density at radius 1 is 1.33 bits per heavy atom. The lowest BCUT2D eigenvalue weighted by Crippen LogP contribution is -2.28. The maximum Gasteiger partial charge on any atom is 0.363 e. The van der Waals surface area contributed by atoms with E-state index in [1.807, 2.05) is 12.1 Å². The molecule has 0 spiro atoms. The molecule has 24 heavy (non-hydrogen) atoms. The molecule has 1 amide bonds. The molecule has 0 aliphatic carbocycles. The second-order valence-corrected chi connectivity index (χ2v) is 5.62. The summed E-state index contributed by atoms with van der Waals surface area (Å²) in [5.74, 6) is -0.620. The van der Waals surface area contributed by atoms with Crippen molar-refractivity contribution in [3.8, 4) is 0 Å². The Labute approximate surface area is 138 Å². The maximum absolute atomic E-state index is 11.6. The number of carbonyl (C=O) groups is 1. The molecule has 124 valence electrons. The molecule has 2 aromatic rings. The Kier molecular flexibility index (Phi) is 4.28. The van der Waals surface area contributed by atoms with E-state index in [1.165, 1.54) is 12.3 Å². The third-order valence-electron chi connectivity index (χ3n) is 4.00. The lowest BCUT2D eigenvalue weighted by molar-refractivity contribution is -0.389. The zero-order chi connectivity index (χ0) is 17.1. The molecular weight excluding hydrogens is 310 g/mol. The highest BCUT2D eigenvalue weighted by Gasteiger charge is 2.25. The largest absolute Gasteiger partial charge is 0.377 e. The van der Waals surface area contributed by atoms with E-state index in [-0.39, 0.29) is 11.9 Å². The fraction of sp³-hybridized carbons (Fsp3) is 0.250. The predicted octanol–water partition coefficient (Wildman–Crippen LogP) is 1.78. The van der Waals surface area contributed by atoms with E-state index in [0.717, 1.165) is 24.3 Å². The first-order valence-electron chi connectivity index (χ1n) is 7.55. The van der Waals surface area contributed by atoms with Gasteiger partial charge < -0.3 is 26.1 Å². The minimum absolute atomic E-state index is 0.161. The average Bonchev–Trinajstić information content (AvgIpc) is 3.03. The summed E-state index contributed by atoms with van der Waals surface area (Å²) < 4.78 is 0. The van der Waals surface area contributed by atoms with Crippen LogP contribution in [-0.4, -0.2) is 34.9 Å². The van der Waals surface area contributed by atoms with Crippen LogP contribution in [0.15, 0.2) is 42.6 Å². The van der Waals surface area contributed by atoms with E-state index in [9.17, 15) is 14.9 Å². The summed E-state index contributed by atoms with van der Waals surface area (Å²) in [6.07, 6.45) is 2.34. The number of amides is 1. The Morgan fingerprint density at radius 3 is 2.79 bits per heavy atom. The van der Waals surface area contributed by atoms with E-state index in [1.54, 1.807) is 18.2 Å². The molecule has 1 aliphatic rings. The topological polar surface area (TPSA) is 114 Å². The van der Waals surface area contributed by atoms with Gasteiger partial charge in [0.1, 0.15) is 0 Å². The fourth-order valence-corrected chi connectivity index (χ4v) is 2.87. The number of hydrogen-bond acceptors (Lipinski definition) is 6. The van der Waals surface area contributed by atoms with Gasteiger partial charge in [0.2, 0.25) is 0 Å². The van der Waals surface area contributed by atoms with Crippen LogP contribution in [0.2, 0.25) is 0 Å². The molecule has 8 nitrogen and oxygen atoms in total. The van der Waals surface area contributed by atoms with Crippen molar-refractivity contribution in [2.45, 2.75) is 12.5 Å². The highest BCUT2D eigenvalue weighted by Crippen LogP contribution is 2.26. The van der Waals surface area contributed by atoms with Crippen molar-refractivity contribution in [2.75, 3.05) is 23.3 Å². The number of anilines is 2. The van der Waals surface area contributed by atoms with Gasteiger partial charge in [0, 0.05) is 30.9 Å². The monoisotopic (exact) mass is 327 g/mol. The molecule has 3 rings (SSSR count). The summed E-state index contributed by atoms with van der Waals surface area (Å²) >= 11 is 0. The van der Waals surface area contributed by atoms with Gasteiger partial charge in [-0.3, -0.25) is 4.79 Å². The Bertz CT molecular complexity index is 763. The molecule has 1 unspecified atom stereocenters. The van der Waals surface area contributed by atoms with Crippen molar-refractivity contribution in [1.82, 2.24) is 4.98 Å². The van der Waals surface area contributed by atoms with Gasteiger partial charge in [-0.1, -0.05) is 12.1 Å². The minimum atomic E-state index is -0.526. The van der Waals surface area contributed by atoms with Crippen LogP contribution >= 0.6 is 0 Å². The van der Waals surface area contributed by atoms with Crippen LogP contribution in [-0.2, 0) is 0 Å². The molecule has 1 fully saturated rings. The summed E-state index contributed by atoms with van der Waals surface area (Å²) in [7, 11) is 0. The number of para-hydroxylation sites is 1. The van der Waals surface area contributed by atoms with Gasteiger partial charge in [-0.15, -0.1) is 0 Å². The van der Waals surface area contributed by atoms with E-state index >= 15 is 0 Å². The van der Waals surface area contributed by atoms with Crippen molar-refractivity contribution in [3.63, 3.8) is 0 Å². The summed E-state index contributed by atoms with van der Waals surface area (Å²) in [4.78, 5) is 27.6. The van der Waals surface area contributed by atoms with Crippen molar-refractivity contribution in [1.29, 1.82) is 0 Å². The predicted molar refractivity (Wildman–Crippen MR) is 90.1 cm³/mol. The number of primary amides is 1. The summed E-state index contributed by atoms with van der Waals surface area (Å²) in [6, 6.07) is 10.5. The summed E-state index contributed by atoms with van der Waals surface area (Å²) in [5, 5.41) is 13.9. The first-order chi connectivity index (χ1) is 11.5. The summed E-state index contributed by atoms with van der Waals surface area (Å²) in [6.45, 7) is 1.50. The lowest BCUT2D eigenvalue weighted by atomic mass is 10.1. The van der Waals surface area contributed by atoms with Crippen LogP contribution in [0.3, 0.4) is 0 Å². The van der Waals surface area contributed by atoms with Gasteiger partial charge in [-0.25, -0.2) is 0 Å². The minimum Gasteiger partial charge on any atom is -0.377 e. The number of aromatic nitrogens is 1. The number of nitrogens with zero attached hydrogens (tertiary/aromatic N) is 3. The summed E-state index contributed by atoms with van der Waals surface area (Å²) in [5.41, 5.74) is 7.51. The highest BCUT2D eigenvalue weighted by atomic mass is 16.6. The molecule has 8 heteroatoms. The number of rotatable bonds is 5. The number of benzene rings is 1. The van der Waals surface area contributed by atoms with E-state index < -0.39 is 10.8 Å². The molecular formula is C16H17N5O3. The molecule has 0 radical (unpaired) electrons. The Morgan fingerprint density at radius 2 is 2.12 bits per heavy atom. The van der Waals surface area contributed by atoms with Crippen LogP contribution in [0.5, 0.6) is 0 Å². The van der Waals surface area contributed by atoms with Crippen molar-refractivity contribution >= 4 is 23.1 Å². The molecule has 0 saturated carbocycles. The van der Waals surface area contributed by atoms with Crippen LogP contribution in [0.25, 0.3) is 0 Å². The van der Waals surface area contributed by atoms with Crippen molar-refractivity contribution < 1.29 is 9.72 Å². The van der Waals surface area contributed by atoms with E-state index in [0.29, 0.717) is 12.1 Å². The zero-order valence-electron chi connectivity index (χ0n) is 12.9. The number of nitrogens with two attached hydrogens (primary N) is 1. The quantitative estimate of drug-likeness (QED) is 0.639. The molecule has 1 saturated heterocycles. The Hall–Kier alpha value is -3.16. The number of carbonyl (C=O) groups excluding carboxylic acids is 1. The van der Waals surface area contributed by atoms with Crippen molar-refractivity contribution in [3.05, 3.63) is 58.3 Å². The third kappa shape index (κ3) is 3.27. The molecule has 1 atom stereocenters. The third-order valence-corrected chi connectivity index (χ3v) is 4.00. The van der Waals surface area contributed by atoms with Crippen LogP contribution in [0.4, 0.5) is 17.2 Å². The zero-order valence-corrected chi connectivity index (χ0v) is 12.9. The number of nitrogens with one attached hydrogen (secondary N) is 1. The molecule has 1 aromatic carbocycles. The van der Waals surface area contributed by atoms with Gasteiger partial charge in [-0.05, 0) is 34.5 Å². The van der Waals surface area contributed by atoms with Gasteiger partial charge >= 0.3 is 5.82 Å². The van der Waals surface area contributed by atoms with Crippen LogP contribution < -0.4 is 16.0 Å². The van der Waals surface area contributed by atoms with Gasteiger partial charge in [0.05, 0.1) is 11.3 Å². The van der Waals surface area contributed by atoms with Gasteiger partial charge in [0.15, 0.2) is 6.20 Å². The highest BCUT2D eigenvalue weighted by molar-refractivity contribution is 5.98. The maximum atomic E-state index is 11.6. The van der Waals surface area contributed by atoms with Gasteiger partial charge in [0.25, 0.3) is 5.91 Å². The standard InChI is InChI=1S/C16H17N5O3/c17-16(22)13-3-1-2-4-14(13)20-8-7-12(10-20)19-11-5-6-15(18-9-11)21(23)24/h1-6,9,12,19H,7-8,10H2,(H2,17,22). The number of pyridine rings is 1. The smallest absolute Gasteiger partial charge is 0.363 e. The SMILES string of the molecule is NC(=O)c1ccccc1N1CCC(Nc2ccc([N+](=O)[O-])nc2)C1. The molecule has 1 aliphatic heterocycles. The molecule has 0 bridgehead atoms. The molecule has 3 N–H and O–H groups in total. The van der Waals surface area contributed by atoms with Gasteiger partial charge in [-0.2, -0.15) is 0 Å². The number of nitro groups is 1. The lowest BCUT2D eigenvalue weighted by Gasteiger charge is -2.21. The molecule has 1 aromatic heterocycles. The van der Waals surface area contributed by atoms with E-state index in [2.05, 4.69) is 15.2 Å². The fourth-order valence-electron chi connectivity index (χ4n) is 2.87. The Balaban J connectivity index is 1.67. The molecule has 2 heterocycles.